The van der Waals surface area contributed by atoms with Crippen LogP contribution in [0.4, 0.5) is 0 Å². The van der Waals surface area contributed by atoms with Gasteiger partial charge in [0.25, 0.3) is 5.91 Å². The van der Waals surface area contributed by atoms with Crippen molar-refractivity contribution in [2.45, 2.75) is 26.3 Å². The van der Waals surface area contributed by atoms with Crippen LogP contribution in [0, 0.1) is 0 Å². The van der Waals surface area contributed by atoms with Gasteiger partial charge in [-0.2, -0.15) is 5.10 Å². The Morgan fingerprint density at radius 1 is 1.16 bits per heavy atom. The molecular weight excluding hydrogens is 529 g/mol. The van der Waals surface area contributed by atoms with Crippen molar-refractivity contribution in [2.24, 2.45) is 0 Å². The number of rotatable bonds is 6. The van der Waals surface area contributed by atoms with E-state index in [1.807, 2.05) is 62.4 Å². The van der Waals surface area contributed by atoms with E-state index in [4.69, 9.17) is 28.3 Å². The normalized spacial score (nSPS) is 12.0. The number of hydrogen-bond donors (Lipinski definition) is 1. The number of hydrogen-bond acceptors (Lipinski definition) is 3. The number of halogens is 3. The Balaban J connectivity index is 1.83. The third kappa shape index (κ3) is 4.64. The highest BCUT2D eigenvalue weighted by Gasteiger charge is 2.26. The summed E-state index contributed by atoms with van der Waals surface area (Å²) in [6, 6.07) is 19.0. The third-order valence-electron chi connectivity index (χ3n) is 5.14. The summed E-state index contributed by atoms with van der Waals surface area (Å²) in [6.07, 6.45) is 0.637. The van der Waals surface area contributed by atoms with Crippen LogP contribution in [0.3, 0.4) is 0 Å². The quantitative estimate of drug-likeness (QED) is 0.268. The second kappa shape index (κ2) is 9.79. The smallest absolute Gasteiger partial charge is 0.272 e. The Morgan fingerprint density at radius 2 is 1.91 bits per heavy atom. The van der Waals surface area contributed by atoms with E-state index in [-0.39, 0.29) is 11.9 Å². The monoisotopic (exact) mass is 547 g/mol. The van der Waals surface area contributed by atoms with Gasteiger partial charge in [0.1, 0.15) is 0 Å². The molecule has 1 N–H and O–H groups in total. The number of nitrogens with zero attached hydrogens (tertiary/aromatic N) is 2. The van der Waals surface area contributed by atoms with Gasteiger partial charge in [-0.15, -0.1) is 11.3 Å². The van der Waals surface area contributed by atoms with Gasteiger partial charge in [0.05, 0.1) is 31.1 Å². The second-order valence-electron chi connectivity index (χ2n) is 7.25. The number of thiophene rings is 1. The molecule has 2 aromatic heterocycles. The highest BCUT2D eigenvalue weighted by atomic mass is 79.9. The van der Waals surface area contributed by atoms with Crippen LogP contribution in [0.15, 0.2) is 64.5 Å². The minimum absolute atomic E-state index is 0.156. The Morgan fingerprint density at radius 3 is 2.53 bits per heavy atom. The van der Waals surface area contributed by atoms with Gasteiger partial charge in [-0.3, -0.25) is 4.79 Å². The van der Waals surface area contributed by atoms with Crippen LogP contribution in [0.1, 0.15) is 41.5 Å². The first-order valence-electron chi connectivity index (χ1n) is 10.1. The molecule has 0 radical (unpaired) electrons. The molecule has 4 aromatic rings. The zero-order valence-corrected chi connectivity index (χ0v) is 21.3. The molecule has 0 saturated carbocycles. The zero-order chi connectivity index (χ0) is 22.8. The first-order valence-corrected chi connectivity index (χ1v) is 12.4. The Kier molecular flexibility index (Phi) is 7.05. The van der Waals surface area contributed by atoms with Crippen LogP contribution in [0.25, 0.3) is 16.3 Å². The predicted octanol–water partition coefficient (Wildman–Crippen LogP) is 7.72. The van der Waals surface area contributed by atoms with Gasteiger partial charge in [-0.1, -0.05) is 60.5 Å². The van der Waals surface area contributed by atoms with E-state index in [0.29, 0.717) is 27.8 Å². The molecule has 0 spiro atoms. The lowest BCUT2D eigenvalue weighted by Crippen LogP contribution is -2.27. The van der Waals surface area contributed by atoms with E-state index < -0.39 is 0 Å². The standard InChI is InChI=1S/C24H20BrCl2N3OS/c1-3-17-22(24(31)28-14(2)15-7-5-4-6-8-15)29-30(19-10-9-16(26)13-18(19)27)23(17)20-11-12-21(25)32-20/h4-14H,3H2,1-2H3,(H,28,31). The molecule has 32 heavy (non-hydrogen) atoms. The number of benzene rings is 2. The number of aromatic nitrogens is 2. The lowest BCUT2D eigenvalue weighted by Gasteiger charge is -2.13. The van der Waals surface area contributed by atoms with Gasteiger partial charge in [0.2, 0.25) is 0 Å². The topological polar surface area (TPSA) is 46.9 Å². The largest absolute Gasteiger partial charge is 0.344 e. The number of amides is 1. The molecule has 1 amide bonds. The summed E-state index contributed by atoms with van der Waals surface area (Å²) in [4.78, 5) is 14.3. The van der Waals surface area contributed by atoms with E-state index in [1.165, 1.54) is 0 Å². The molecule has 0 aliphatic rings. The predicted molar refractivity (Wildman–Crippen MR) is 136 cm³/mol. The summed E-state index contributed by atoms with van der Waals surface area (Å²) in [5, 5.41) is 8.83. The van der Waals surface area contributed by atoms with Gasteiger partial charge in [0.15, 0.2) is 5.69 Å². The van der Waals surface area contributed by atoms with Crippen LogP contribution in [0.2, 0.25) is 10.0 Å². The third-order valence-corrected chi connectivity index (χ3v) is 7.31. The van der Waals surface area contributed by atoms with Gasteiger partial charge in [-0.25, -0.2) is 4.68 Å². The molecule has 164 valence electrons. The SMILES string of the molecule is CCc1c(C(=O)NC(C)c2ccccc2)nn(-c2ccc(Cl)cc2Cl)c1-c1ccc(Br)s1. The van der Waals surface area contributed by atoms with Crippen LogP contribution in [0.5, 0.6) is 0 Å². The van der Waals surface area contributed by atoms with E-state index in [1.54, 1.807) is 28.2 Å². The maximum absolute atomic E-state index is 13.3. The summed E-state index contributed by atoms with van der Waals surface area (Å²) in [6.45, 7) is 3.98. The molecule has 4 rings (SSSR count). The second-order valence-corrected chi connectivity index (χ2v) is 10.6. The number of nitrogens with one attached hydrogen (secondary N) is 1. The van der Waals surface area contributed by atoms with E-state index in [0.717, 1.165) is 25.5 Å². The number of carbonyl (C=O) groups excluding carboxylic acids is 1. The van der Waals surface area contributed by atoms with Crippen molar-refractivity contribution in [3.05, 3.63) is 91.3 Å². The molecule has 0 aliphatic heterocycles. The molecule has 0 aliphatic carbocycles. The van der Waals surface area contributed by atoms with Crippen molar-refractivity contribution in [3.63, 3.8) is 0 Å². The lowest BCUT2D eigenvalue weighted by atomic mass is 10.1. The molecule has 2 heterocycles. The van der Waals surface area contributed by atoms with Crippen molar-refractivity contribution in [2.75, 3.05) is 0 Å². The van der Waals surface area contributed by atoms with E-state index in [2.05, 4.69) is 21.2 Å². The molecule has 1 atom stereocenters. The van der Waals surface area contributed by atoms with Crippen molar-refractivity contribution in [1.82, 2.24) is 15.1 Å². The first kappa shape index (κ1) is 23.1. The molecule has 0 bridgehead atoms. The first-order chi connectivity index (χ1) is 15.4. The Hall–Kier alpha value is -2.12. The van der Waals surface area contributed by atoms with Crippen molar-refractivity contribution in [1.29, 1.82) is 0 Å². The maximum atomic E-state index is 13.3. The summed E-state index contributed by atoms with van der Waals surface area (Å²) < 4.78 is 2.74. The highest BCUT2D eigenvalue weighted by molar-refractivity contribution is 9.11. The highest BCUT2D eigenvalue weighted by Crippen LogP contribution is 2.38. The van der Waals surface area contributed by atoms with E-state index in [9.17, 15) is 4.79 Å². The van der Waals surface area contributed by atoms with Crippen molar-refractivity contribution >= 4 is 56.4 Å². The molecule has 0 saturated heterocycles. The molecular formula is C24H20BrCl2N3OS. The fourth-order valence-electron chi connectivity index (χ4n) is 3.58. The molecule has 0 fully saturated rings. The summed E-state index contributed by atoms with van der Waals surface area (Å²) >= 11 is 17.8. The van der Waals surface area contributed by atoms with Gasteiger partial charge in [-0.05, 0) is 65.2 Å². The minimum Gasteiger partial charge on any atom is -0.344 e. The van der Waals surface area contributed by atoms with Gasteiger partial charge < -0.3 is 5.32 Å². The van der Waals surface area contributed by atoms with Crippen LogP contribution < -0.4 is 5.32 Å². The molecule has 4 nitrogen and oxygen atoms in total. The summed E-state index contributed by atoms with van der Waals surface area (Å²) in [5.74, 6) is -0.223. The van der Waals surface area contributed by atoms with Crippen LogP contribution >= 0.6 is 50.5 Å². The van der Waals surface area contributed by atoms with Crippen molar-refractivity contribution in [3.8, 4) is 16.3 Å². The summed E-state index contributed by atoms with van der Waals surface area (Å²) in [7, 11) is 0. The van der Waals surface area contributed by atoms with Crippen LogP contribution in [-0.4, -0.2) is 15.7 Å². The Bertz CT molecular complexity index is 1270. The summed E-state index contributed by atoms with van der Waals surface area (Å²) in [5.41, 5.74) is 3.80. The fraction of sp³-hybridized carbons (Fsp3) is 0.167. The Labute approximate surface area is 209 Å². The van der Waals surface area contributed by atoms with Crippen LogP contribution in [-0.2, 0) is 6.42 Å². The average molecular weight is 549 g/mol. The van der Waals surface area contributed by atoms with E-state index >= 15 is 0 Å². The molecule has 8 heteroatoms. The minimum atomic E-state index is -0.223. The maximum Gasteiger partial charge on any atom is 0.272 e. The van der Waals surface area contributed by atoms with Crippen molar-refractivity contribution < 1.29 is 4.79 Å². The number of carbonyl (C=O) groups is 1. The molecule has 1 unspecified atom stereocenters. The average Bonchev–Trinajstić information content (AvgIpc) is 3.37. The van der Waals surface area contributed by atoms with Gasteiger partial charge >= 0.3 is 0 Å². The lowest BCUT2D eigenvalue weighted by molar-refractivity contribution is 0.0933. The van der Waals surface area contributed by atoms with Gasteiger partial charge in [0, 0.05) is 10.6 Å². The molecule has 2 aromatic carbocycles. The zero-order valence-electron chi connectivity index (χ0n) is 17.4. The fourth-order valence-corrected chi connectivity index (χ4v) is 5.51.